The van der Waals surface area contributed by atoms with E-state index >= 15 is 0 Å². The average molecular weight is 286 g/mol. The van der Waals surface area contributed by atoms with Gasteiger partial charge in [0.1, 0.15) is 0 Å². The van der Waals surface area contributed by atoms with Crippen LogP contribution in [0.5, 0.6) is 0 Å². The van der Waals surface area contributed by atoms with Crippen molar-refractivity contribution in [3.05, 3.63) is 0 Å². The molecule has 2 rings (SSSR count). The molecule has 7 heteroatoms. The Morgan fingerprint density at radius 1 is 1.42 bits per heavy atom. The first-order valence-corrected chi connectivity index (χ1v) is 7.91. The van der Waals surface area contributed by atoms with Crippen LogP contribution in [-0.4, -0.2) is 48.1 Å². The Bertz CT molecular complexity index is 340. The third kappa shape index (κ3) is 4.01. The Hall–Kier alpha value is -0.950. The van der Waals surface area contributed by atoms with Gasteiger partial charge >= 0.3 is 6.03 Å². The summed E-state index contributed by atoms with van der Waals surface area (Å²) in [6.07, 6.45) is 3.53. The number of rotatable bonds is 7. The van der Waals surface area contributed by atoms with Gasteiger partial charge in [-0.05, 0) is 12.8 Å². The van der Waals surface area contributed by atoms with Crippen LogP contribution in [0.2, 0.25) is 0 Å². The van der Waals surface area contributed by atoms with Crippen molar-refractivity contribution in [1.82, 2.24) is 16.0 Å². The van der Waals surface area contributed by atoms with Gasteiger partial charge in [0.05, 0.1) is 12.1 Å². The summed E-state index contributed by atoms with van der Waals surface area (Å²) in [5.74, 6) is 1.07. The molecule has 0 aromatic heterocycles. The highest BCUT2D eigenvalue weighted by atomic mass is 32.2. The lowest BCUT2D eigenvalue weighted by Gasteiger charge is -2.16. The number of nitrogens with one attached hydrogen (secondary N) is 3. The Labute approximate surface area is 117 Å². The van der Waals surface area contributed by atoms with Gasteiger partial charge in [-0.2, -0.15) is 11.8 Å². The number of amides is 3. The van der Waals surface area contributed by atoms with Gasteiger partial charge in [0, 0.05) is 30.5 Å². The van der Waals surface area contributed by atoms with Crippen LogP contribution in [0, 0.1) is 0 Å². The van der Waals surface area contributed by atoms with E-state index in [0.29, 0.717) is 24.8 Å². The number of carbonyl (C=O) groups is 2. The highest BCUT2D eigenvalue weighted by molar-refractivity contribution is 8.00. The molecule has 2 fully saturated rings. The maximum atomic E-state index is 11.4. The number of fused-ring (bicyclic) bond motifs is 1. The number of hydrogen-bond acceptors (Lipinski definition) is 4. The van der Waals surface area contributed by atoms with E-state index in [0.717, 1.165) is 25.0 Å². The standard InChI is InChI=1S/C12H22N4O2S/c13-5-6-14-10(17)4-2-1-3-9-11-8(7-19-9)15-12(18)16-11/h8-9,11H,1-7,13H2,(H,14,17)(H2,15,16,18)/t8-,9?,11-/m0/s1. The summed E-state index contributed by atoms with van der Waals surface area (Å²) >= 11 is 1.91. The second kappa shape index (κ2) is 7.00. The molecule has 0 saturated carbocycles. The fourth-order valence-corrected chi connectivity index (χ4v) is 4.12. The highest BCUT2D eigenvalue weighted by Gasteiger charge is 2.42. The molecule has 2 saturated heterocycles. The van der Waals surface area contributed by atoms with Crippen molar-refractivity contribution in [3.8, 4) is 0 Å². The lowest BCUT2D eigenvalue weighted by molar-refractivity contribution is -0.121. The van der Waals surface area contributed by atoms with Crippen LogP contribution in [0.3, 0.4) is 0 Å². The van der Waals surface area contributed by atoms with E-state index in [4.69, 9.17) is 5.73 Å². The van der Waals surface area contributed by atoms with E-state index in [1.54, 1.807) is 0 Å². The zero-order chi connectivity index (χ0) is 13.7. The van der Waals surface area contributed by atoms with Gasteiger partial charge in [0.2, 0.25) is 5.91 Å². The Kier molecular flexibility index (Phi) is 5.33. The van der Waals surface area contributed by atoms with Crippen LogP contribution in [-0.2, 0) is 4.79 Å². The fraction of sp³-hybridized carbons (Fsp3) is 0.833. The largest absolute Gasteiger partial charge is 0.355 e. The van der Waals surface area contributed by atoms with Crippen LogP contribution < -0.4 is 21.7 Å². The molecule has 0 radical (unpaired) electrons. The number of nitrogens with two attached hydrogens (primary N) is 1. The molecule has 1 unspecified atom stereocenters. The Morgan fingerprint density at radius 2 is 2.26 bits per heavy atom. The van der Waals surface area contributed by atoms with Gasteiger partial charge in [-0.15, -0.1) is 0 Å². The van der Waals surface area contributed by atoms with Crippen molar-refractivity contribution < 1.29 is 9.59 Å². The fourth-order valence-electron chi connectivity index (χ4n) is 2.57. The molecule has 0 bridgehead atoms. The van der Waals surface area contributed by atoms with Gasteiger partial charge in [0.25, 0.3) is 0 Å². The molecule has 108 valence electrons. The molecule has 0 aliphatic carbocycles. The summed E-state index contributed by atoms with van der Waals surface area (Å²) in [6, 6.07) is 0.514. The van der Waals surface area contributed by atoms with E-state index < -0.39 is 0 Å². The molecule has 2 heterocycles. The van der Waals surface area contributed by atoms with Gasteiger partial charge in [-0.25, -0.2) is 4.79 Å². The molecule has 0 aromatic rings. The first kappa shape index (κ1) is 14.5. The van der Waals surface area contributed by atoms with Crippen molar-refractivity contribution in [3.63, 3.8) is 0 Å². The molecular formula is C12H22N4O2S. The monoisotopic (exact) mass is 286 g/mol. The minimum atomic E-state index is -0.0403. The quantitative estimate of drug-likeness (QED) is 0.384. The van der Waals surface area contributed by atoms with E-state index in [1.807, 2.05) is 11.8 Å². The maximum Gasteiger partial charge on any atom is 0.315 e. The number of thioether (sulfide) groups is 1. The number of urea groups is 1. The maximum absolute atomic E-state index is 11.4. The SMILES string of the molecule is NCCNC(=O)CCCCC1SC[C@@H]2NC(=O)N[C@H]12. The lowest BCUT2D eigenvalue weighted by Crippen LogP contribution is -2.36. The summed E-state index contributed by atoms with van der Waals surface area (Å²) in [4.78, 5) is 22.6. The molecule has 2 aliphatic rings. The minimum absolute atomic E-state index is 0.0403. The molecule has 5 N–H and O–H groups in total. The van der Waals surface area contributed by atoms with Gasteiger partial charge < -0.3 is 21.7 Å². The summed E-state index contributed by atoms with van der Waals surface area (Å²) in [7, 11) is 0. The third-order valence-corrected chi connectivity index (χ3v) is 5.06. The van der Waals surface area contributed by atoms with E-state index in [1.165, 1.54) is 0 Å². The van der Waals surface area contributed by atoms with Crippen molar-refractivity contribution in [2.75, 3.05) is 18.8 Å². The minimum Gasteiger partial charge on any atom is -0.355 e. The molecule has 2 aliphatic heterocycles. The first-order chi connectivity index (χ1) is 9.20. The lowest BCUT2D eigenvalue weighted by atomic mass is 10.0. The van der Waals surface area contributed by atoms with Gasteiger partial charge in [-0.1, -0.05) is 6.42 Å². The molecule has 6 nitrogen and oxygen atoms in total. The predicted molar refractivity (Wildman–Crippen MR) is 76.0 cm³/mol. The van der Waals surface area contributed by atoms with Crippen LogP contribution in [0.15, 0.2) is 0 Å². The normalized spacial score (nSPS) is 28.7. The van der Waals surface area contributed by atoms with E-state index in [9.17, 15) is 9.59 Å². The number of unbranched alkanes of at least 4 members (excludes halogenated alkanes) is 1. The van der Waals surface area contributed by atoms with Crippen molar-refractivity contribution in [1.29, 1.82) is 0 Å². The van der Waals surface area contributed by atoms with Crippen molar-refractivity contribution in [2.24, 2.45) is 5.73 Å². The predicted octanol–water partition coefficient (Wildman–Crippen LogP) is -0.213. The zero-order valence-electron chi connectivity index (χ0n) is 11.0. The topological polar surface area (TPSA) is 96.2 Å². The number of hydrogen-bond donors (Lipinski definition) is 4. The molecule has 0 spiro atoms. The second-order valence-electron chi connectivity index (χ2n) is 5.01. The summed E-state index contributed by atoms with van der Waals surface area (Å²) in [6.45, 7) is 1.04. The summed E-state index contributed by atoms with van der Waals surface area (Å²) in [5.41, 5.74) is 5.32. The van der Waals surface area contributed by atoms with Crippen molar-refractivity contribution in [2.45, 2.75) is 43.0 Å². The van der Waals surface area contributed by atoms with Crippen LogP contribution in [0.25, 0.3) is 0 Å². The molecule has 19 heavy (non-hydrogen) atoms. The molecule has 3 atom stereocenters. The van der Waals surface area contributed by atoms with Gasteiger partial charge in [0.15, 0.2) is 0 Å². The third-order valence-electron chi connectivity index (χ3n) is 3.55. The first-order valence-electron chi connectivity index (χ1n) is 6.86. The zero-order valence-corrected chi connectivity index (χ0v) is 11.8. The Morgan fingerprint density at radius 3 is 3.05 bits per heavy atom. The average Bonchev–Trinajstić information content (AvgIpc) is 2.92. The summed E-state index contributed by atoms with van der Waals surface area (Å²) < 4.78 is 0. The van der Waals surface area contributed by atoms with Crippen LogP contribution >= 0.6 is 11.8 Å². The molecular weight excluding hydrogens is 264 g/mol. The smallest absolute Gasteiger partial charge is 0.315 e. The molecule has 0 aromatic carbocycles. The molecule has 3 amide bonds. The Balaban J connectivity index is 1.59. The van der Waals surface area contributed by atoms with E-state index in [2.05, 4.69) is 16.0 Å². The van der Waals surface area contributed by atoms with Crippen molar-refractivity contribution >= 4 is 23.7 Å². The van der Waals surface area contributed by atoms with E-state index in [-0.39, 0.29) is 24.0 Å². The summed E-state index contributed by atoms with van der Waals surface area (Å²) in [5, 5.41) is 9.16. The van der Waals surface area contributed by atoms with Gasteiger partial charge in [-0.3, -0.25) is 4.79 Å². The number of carbonyl (C=O) groups excluding carboxylic acids is 2. The van der Waals surface area contributed by atoms with Crippen LogP contribution in [0.4, 0.5) is 4.79 Å². The second-order valence-corrected chi connectivity index (χ2v) is 6.28. The van der Waals surface area contributed by atoms with Crippen LogP contribution in [0.1, 0.15) is 25.7 Å². The highest BCUT2D eigenvalue weighted by Crippen LogP contribution is 2.33.